The van der Waals surface area contributed by atoms with Crippen molar-refractivity contribution in [3.05, 3.63) is 56.1 Å². The Kier molecular flexibility index (Phi) is 6.28. The van der Waals surface area contributed by atoms with Gasteiger partial charge in [-0.15, -0.1) is 0 Å². The minimum absolute atomic E-state index is 0.0000710. The molecule has 0 N–H and O–H groups in total. The number of rotatable bonds is 6. The summed E-state index contributed by atoms with van der Waals surface area (Å²) in [7, 11) is 0. The van der Waals surface area contributed by atoms with Crippen LogP contribution in [0.5, 0.6) is 0 Å². The zero-order valence-corrected chi connectivity index (χ0v) is 17.4. The van der Waals surface area contributed by atoms with E-state index < -0.39 is 28.1 Å². The largest absolute Gasteiger partial charge is 0.464 e. The molecule has 0 radical (unpaired) electrons. The molecule has 0 unspecified atom stereocenters. The molecule has 1 aromatic carbocycles. The Bertz CT molecular complexity index is 1080. The Morgan fingerprint density at radius 1 is 1.37 bits per heavy atom. The van der Waals surface area contributed by atoms with Crippen LogP contribution < -0.4 is 0 Å². The number of nitro benzene ring substituents is 1. The second kappa shape index (κ2) is 8.72. The summed E-state index contributed by atoms with van der Waals surface area (Å²) >= 11 is 6.49. The third kappa shape index (κ3) is 4.24. The van der Waals surface area contributed by atoms with E-state index in [-0.39, 0.29) is 28.0 Å². The van der Waals surface area contributed by atoms with E-state index in [0.717, 1.165) is 4.90 Å². The van der Waals surface area contributed by atoms with Gasteiger partial charge in [0.2, 0.25) is 0 Å². The number of esters is 1. The number of hydrogen-bond acceptors (Lipinski definition) is 8. The van der Waals surface area contributed by atoms with Gasteiger partial charge in [0.05, 0.1) is 16.4 Å². The fourth-order valence-corrected chi connectivity index (χ4v) is 3.78. The average Bonchev–Trinajstić information content (AvgIpc) is 3.26. The number of imide groups is 1. The minimum Gasteiger partial charge on any atom is -0.464 e. The topological polar surface area (TPSA) is 120 Å². The van der Waals surface area contributed by atoms with Gasteiger partial charge in [-0.25, -0.2) is 4.79 Å². The van der Waals surface area contributed by atoms with Crippen molar-refractivity contribution in [2.75, 3.05) is 6.61 Å². The van der Waals surface area contributed by atoms with Gasteiger partial charge in [0.15, 0.2) is 0 Å². The summed E-state index contributed by atoms with van der Waals surface area (Å²) in [5, 5.41) is 10.5. The maximum absolute atomic E-state index is 12.6. The number of thioether (sulfide) groups is 1. The lowest BCUT2D eigenvalue weighted by Crippen LogP contribution is -2.42. The zero-order chi connectivity index (χ0) is 22.0. The van der Waals surface area contributed by atoms with Crippen LogP contribution in [-0.2, 0) is 14.3 Å². The van der Waals surface area contributed by atoms with Crippen LogP contribution in [-0.4, -0.2) is 39.6 Å². The first-order valence-electron chi connectivity index (χ1n) is 8.70. The van der Waals surface area contributed by atoms with Crippen molar-refractivity contribution in [1.29, 1.82) is 0 Å². The first-order chi connectivity index (χ1) is 14.2. The van der Waals surface area contributed by atoms with E-state index in [9.17, 15) is 24.5 Å². The standard InChI is InChI=1S/C19H15ClN2O7S/c1-3-28-18(24)10(2)21-17(23)16(30-19(21)25)9-12-5-7-15(29-12)11-4-6-13(20)14(8-11)22(26)27/h4-10H,3H2,1-2H3/b16-9-/t10-/m0/s1. The molecule has 2 aromatic rings. The molecule has 9 nitrogen and oxygen atoms in total. The molecule has 1 atom stereocenters. The minimum atomic E-state index is -1.05. The average molecular weight is 451 g/mol. The fourth-order valence-electron chi connectivity index (χ4n) is 2.70. The molecule has 0 spiro atoms. The van der Waals surface area contributed by atoms with Crippen molar-refractivity contribution in [2.45, 2.75) is 19.9 Å². The molecule has 1 aliphatic rings. The second-order valence-electron chi connectivity index (χ2n) is 6.11. The molecule has 2 amide bonds. The van der Waals surface area contributed by atoms with Crippen LogP contribution in [0.25, 0.3) is 17.4 Å². The Morgan fingerprint density at radius 3 is 2.77 bits per heavy atom. The lowest BCUT2D eigenvalue weighted by atomic mass is 10.1. The van der Waals surface area contributed by atoms with Crippen LogP contribution in [0.15, 0.2) is 39.7 Å². The van der Waals surface area contributed by atoms with Crippen molar-refractivity contribution in [3.63, 3.8) is 0 Å². The van der Waals surface area contributed by atoms with Gasteiger partial charge in [-0.05, 0) is 49.9 Å². The number of carbonyl (C=O) groups excluding carboxylic acids is 3. The lowest BCUT2D eigenvalue weighted by Gasteiger charge is -2.19. The van der Waals surface area contributed by atoms with Gasteiger partial charge < -0.3 is 9.15 Å². The number of furan rings is 1. The van der Waals surface area contributed by atoms with E-state index >= 15 is 0 Å². The molecule has 0 aliphatic carbocycles. The Balaban J connectivity index is 1.84. The number of ether oxygens (including phenoxy) is 1. The predicted octanol–water partition coefficient (Wildman–Crippen LogP) is 4.50. The van der Waals surface area contributed by atoms with Crippen LogP contribution in [0.3, 0.4) is 0 Å². The smallest absolute Gasteiger partial charge is 0.329 e. The SMILES string of the molecule is CCOC(=O)[C@H](C)N1C(=O)S/C(=C\c2ccc(-c3ccc(Cl)c([N+](=O)[O-])c3)o2)C1=O. The highest BCUT2D eigenvalue weighted by Gasteiger charge is 2.41. The number of nitro groups is 1. The fraction of sp³-hybridized carbons (Fsp3) is 0.211. The van der Waals surface area contributed by atoms with Gasteiger partial charge >= 0.3 is 5.97 Å². The van der Waals surface area contributed by atoms with E-state index in [0.29, 0.717) is 23.1 Å². The number of hydrogen-bond donors (Lipinski definition) is 0. The van der Waals surface area contributed by atoms with Crippen LogP contribution >= 0.6 is 23.4 Å². The molecule has 0 bridgehead atoms. The first kappa shape index (κ1) is 21.6. The maximum atomic E-state index is 12.6. The second-order valence-corrected chi connectivity index (χ2v) is 7.51. The van der Waals surface area contributed by atoms with Crippen molar-refractivity contribution in [1.82, 2.24) is 4.90 Å². The molecular weight excluding hydrogens is 436 g/mol. The van der Waals surface area contributed by atoms with Crippen LogP contribution in [0, 0.1) is 10.1 Å². The monoisotopic (exact) mass is 450 g/mol. The van der Waals surface area contributed by atoms with E-state index in [1.54, 1.807) is 25.1 Å². The van der Waals surface area contributed by atoms with Crippen molar-refractivity contribution >= 4 is 52.2 Å². The van der Waals surface area contributed by atoms with E-state index in [4.69, 9.17) is 20.8 Å². The number of amides is 2. The van der Waals surface area contributed by atoms with Crippen molar-refractivity contribution in [2.24, 2.45) is 0 Å². The molecule has 30 heavy (non-hydrogen) atoms. The lowest BCUT2D eigenvalue weighted by molar-refractivity contribution is -0.384. The van der Waals surface area contributed by atoms with Gasteiger partial charge in [-0.3, -0.25) is 24.6 Å². The van der Waals surface area contributed by atoms with Crippen LogP contribution in [0.2, 0.25) is 5.02 Å². The number of benzene rings is 1. The summed E-state index contributed by atoms with van der Waals surface area (Å²) in [5.74, 6) is -0.728. The van der Waals surface area contributed by atoms with Gasteiger partial charge in [0, 0.05) is 17.7 Å². The Labute approximate surface area is 179 Å². The molecule has 1 aromatic heterocycles. The molecule has 1 aliphatic heterocycles. The van der Waals surface area contributed by atoms with Crippen molar-refractivity contribution in [3.8, 4) is 11.3 Å². The molecule has 156 valence electrons. The molecular formula is C19H15ClN2O7S. The van der Waals surface area contributed by atoms with Gasteiger partial charge in [0.1, 0.15) is 22.6 Å². The third-order valence-electron chi connectivity index (χ3n) is 4.17. The summed E-state index contributed by atoms with van der Waals surface area (Å²) in [5.41, 5.74) is 0.163. The molecule has 11 heteroatoms. The van der Waals surface area contributed by atoms with E-state index in [1.807, 2.05) is 0 Å². The summed E-state index contributed by atoms with van der Waals surface area (Å²) < 4.78 is 10.5. The normalized spacial score (nSPS) is 16.2. The first-order valence-corrected chi connectivity index (χ1v) is 9.90. The molecule has 1 fully saturated rings. The highest BCUT2D eigenvalue weighted by atomic mass is 35.5. The summed E-state index contributed by atoms with van der Waals surface area (Å²) in [6, 6.07) is 6.31. The molecule has 0 saturated carbocycles. The summed E-state index contributed by atoms with van der Waals surface area (Å²) in [6.45, 7) is 3.17. The van der Waals surface area contributed by atoms with Gasteiger partial charge in [-0.1, -0.05) is 11.6 Å². The van der Waals surface area contributed by atoms with E-state index in [1.165, 1.54) is 25.1 Å². The number of halogens is 1. The highest BCUT2D eigenvalue weighted by Crippen LogP contribution is 2.35. The summed E-state index contributed by atoms with van der Waals surface area (Å²) in [4.78, 5) is 48.0. The van der Waals surface area contributed by atoms with Gasteiger partial charge in [-0.2, -0.15) is 0 Å². The van der Waals surface area contributed by atoms with Crippen LogP contribution in [0.4, 0.5) is 10.5 Å². The Morgan fingerprint density at radius 2 is 2.10 bits per heavy atom. The quantitative estimate of drug-likeness (QED) is 0.273. The zero-order valence-electron chi connectivity index (χ0n) is 15.8. The molecule has 1 saturated heterocycles. The van der Waals surface area contributed by atoms with Crippen molar-refractivity contribution < 1.29 is 28.5 Å². The van der Waals surface area contributed by atoms with Crippen LogP contribution in [0.1, 0.15) is 19.6 Å². The molecule has 3 rings (SSSR count). The van der Waals surface area contributed by atoms with E-state index in [2.05, 4.69) is 0 Å². The number of nitrogens with zero attached hydrogens (tertiary/aromatic N) is 2. The third-order valence-corrected chi connectivity index (χ3v) is 5.37. The molecule has 2 heterocycles. The summed E-state index contributed by atoms with van der Waals surface area (Å²) in [6.07, 6.45) is 1.37. The van der Waals surface area contributed by atoms with Gasteiger partial charge in [0.25, 0.3) is 16.8 Å². The highest BCUT2D eigenvalue weighted by molar-refractivity contribution is 8.18. The number of carbonyl (C=O) groups is 3. The maximum Gasteiger partial charge on any atom is 0.329 e. The Hall–Kier alpha value is -3.11. The predicted molar refractivity (Wildman–Crippen MR) is 110 cm³/mol.